The molecule has 0 spiro atoms. The number of benzene rings is 2. The van der Waals surface area contributed by atoms with Crippen LogP contribution < -0.4 is 10.1 Å². The van der Waals surface area contributed by atoms with Gasteiger partial charge in [0.05, 0.1) is 23.4 Å². The molecule has 5 rings (SSSR count). The van der Waals surface area contributed by atoms with Crippen LogP contribution >= 0.6 is 11.3 Å². The van der Waals surface area contributed by atoms with E-state index in [4.69, 9.17) is 9.72 Å². The number of anilines is 1. The molecule has 5 aromatic rings. The van der Waals surface area contributed by atoms with Crippen molar-refractivity contribution in [3.8, 4) is 17.0 Å². The van der Waals surface area contributed by atoms with Gasteiger partial charge >= 0.3 is 0 Å². The highest BCUT2D eigenvalue weighted by Gasteiger charge is 2.15. The molecular formula is C24H19N3O2S. The van der Waals surface area contributed by atoms with Crippen LogP contribution in [0.2, 0.25) is 0 Å². The minimum atomic E-state index is -0.155. The van der Waals surface area contributed by atoms with Crippen molar-refractivity contribution in [3.63, 3.8) is 0 Å². The van der Waals surface area contributed by atoms with Crippen LogP contribution in [0, 0.1) is 6.92 Å². The summed E-state index contributed by atoms with van der Waals surface area (Å²) in [6.45, 7) is 2.04. The molecular weight excluding hydrogens is 394 g/mol. The first-order valence-electron chi connectivity index (χ1n) is 9.55. The summed E-state index contributed by atoms with van der Waals surface area (Å²) in [5.41, 5.74) is 4.39. The van der Waals surface area contributed by atoms with Gasteiger partial charge in [0, 0.05) is 22.7 Å². The van der Waals surface area contributed by atoms with E-state index in [9.17, 15) is 4.79 Å². The van der Waals surface area contributed by atoms with Gasteiger partial charge in [-0.05, 0) is 54.3 Å². The molecule has 30 heavy (non-hydrogen) atoms. The third-order valence-electron chi connectivity index (χ3n) is 5.07. The molecule has 0 saturated carbocycles. The summed E-state index contributed by atoms with van der Waals surface area (Å²) in [4.78, 5) is 18.3. The number of carbonyl (C=O) groups is 1. The zero-order valence-electron chi connectivity index (χ0n) is 16.5. The maximum Gasteiger partial charge on any atom is 0.265 e. The topological polar surface area (TPSA) is 55.6 Å². The largest absolute Gasteiger partial charge is 0.495 e. The molecule has 0 saturated heterocycles. The number of fused-ring (bicyclic) bond motifs is 2. The molecule has 1 N–H and O–H groups in total. The molecule has 3 heterocycles. The van der Waals surface area contributed by atoms with E-state index >= 15 is 0 Å². The number of aryl methyl sites for hydroxylation is 1. The number of aromatic nitrogens is 2. The Kier molecular flexibility index (Phi) is 4.48. The fourth-order valence-electron chi connectivity index (χ4n) is 3.54. The summed E-state index contributed by atoms with van der Waals surface area (Å²) in [7, 11) is 1.60. The normalized spacial score (nSPS) is 11.1. The van der Waals surface area contributed by atoms with Gasteiger partial charge in [0.25, 0.3) is 5.91 Å². The summed E-state index contributed by atoms with van der Waals surface area (Å²) in [5.74, 6) is 0.450. The monoisotopic (exact) mass is 413 g/mol. The van der Waals surface area contributed by atoms with Gasteiger partial charge in [-0.25, -0.2) is 4.98 Å². The average Bonchev–Trinajstić information content (AvgIpc) is 3.39. The number of methoxy groups -OCH3 is 1. The van der Waals surface area contributed by atoms with Gasteiger partial charge < -0.3 is 14.5 Å². The van der Waals surface area contributed by atoms with Gasteiger partial charge in [-0.2, -0.15) is 0 Å². The van der Waals surface area contributed by atoms with Crippen LogP contribution in [0.3, 0.4) is 0 Å². The van der Waals surface area contributed by atoms with Gasteiger partial charge in [0.2, 0.25) is 0 Å². The van der Waals surface area contributed by atoms with Crippen molar-refractivity contribution < 1.29 is 9.53 Å². The lowest BCUT2D eigenvalue weighted by atomic mass is 10.1. The third kappa shape index (κ3) is 3.21. The van der Waals surface area contributed by atoms with Crippen LogP contribution in [-0.2, 0) is 0 Å². The Hall–Kier alpha value is -3.64. The van der Waals surface area contributed by atoms with Gasteiger partial charge in [-0.1, -0.05) is 24.3 Å². The lowest BCUT2D eigenvalue weighted by Crippen LogP contribution is -2.11. The molecule has 5 nitrogen and oxygen atoms in total. The maximum absolute atomic E-state index is 12.9. The Morgan fingerprint density at radius 2 is 1.97 bits per heavy atom. The van der Waals surface area contributed by atoms with Crippen LogP contribution in [0.1, 0.15) is 15.2 Å². The number of hydrogen-bond donors (Lipinski definition) is 1. The number of nitrogens with zero attached hydrogens (tertiary/aromatic N) is 2. The van der Waals surface area contributed by atoms with Gasteiger partial charge in [0.15, 0.2) is 0 Å². The van der Waals surface area contributed by atoms with Crippen LogP contribution in [0.5, 0.6) is 5.75 Å². The predicted octanol–water partition coefficient (Wildman–Crippen LogP) is 5.79. The lowest BCUT2D eigenvalue weighted by molar-refractivity contribution is 0.103. The zero-order valence-corrected chi connectivity index (χ0v) is 17.4. The fraction of sp³-hybridized carbons (Fsp3) is 0.0833. The quantitative estimate of drug-likeness (QED) is 0.406. The minimum Gasteiger partial charge on any atom is -0.495 e. The number of amides is 1. The third-order valence-corrected chi connectivity index (χ3v) is 6.19. The van der Waals surface area contributed by atoms with E-state index in [-0.39, 0.29) is 5.91 Å². The van der Waals surface area contributed by atoms with E-state index in [1.165, 1.54) is 11.3 Å². The minimum absolute atomic E-state index is 0.155. The van der Waals surface area contributed by atoms with E-state index in [0.29, 0.717) is 16.3 Å². The molecule has 1 amide bonds. The highest BCUT2D eigenvalue weighted by molar-refractivity contribution is 7.20. The molecule has 3 aromatic heterocycles. The zero-order chi connectivity index (χ0) is 20.7. The molecule has 0 aliphatic rings. The van der Waals surface area contributed by atoms with Crippen LogP contribution in [0.4, 0.5) is 5.69 Å². The van der Waals surface area contributed by atoms with Crippen molar-refractivity contribution in [2.24, 2.45) is 0 Å². The lowest BCUT2D eigenvalue weighted by Gasteiger charge is -2.11. The fourth-order valence-corrected chi connectivity index (χ4v) is 4.49. The van der Waals surface area contributed by atoms with Crippen LogP contribution in [-0.4, -0.2) is 22.4 Å². The smallest absolute Gasteiger partial charge is 0.265 e. The average molecular weight is 414 g/mol. The number of rotatable bonds is 4. The van der Waals surface area contributed by atoms with E-state index in [0.717, 1.165) is 32.6 Å². The highest BCUT2D eigenvalue weighted by atomic mass is 32.1. The molecule has 0 aliphatic heterocycles. The van der Waals surface area contributed by atoms with E-state index in [2.05, 4.69) is 5.32 Å². The molecule has 148 valence electrons. The van der Waals surface area contributed by atoms with Crippen molar-refractivity contribution in [1.29, 1.82) is 0 Å². The number of carbonyl (C=O) groups excluding carboxylic acids is 1. The summed E-state index contributed by atoms with van der Waals surface area (Å²) in [6, 6.07) is 19.6. The highest BCUT2D eigenvalue weighted by Crippen LogP contribution is 2.32. The summed E-state index contributed by atoms with van der Waals surface area (Å²) < 4.78 is 8.56. The second-order valence-electron chi connectivity index (χ2n) is 7.07. The molecule has 6 heteroatoms. The number of nitrogens with one attached hydrogen (secondary N) is 1. The molecule has 0 unspecified atom stereocenters. The molecule has 0 fully saturated rings. The number of ether oxygens (including phenoxy) is 1. The standard InChI is InChI=1S/C24H19N3O2S/c1-15-6-5-11-27-14-19(25-23(15)27)16-9-10-20(29-2)18(12-16)26-24(28)22-13-17-7-3-4-8-21(17)30-22/h3-14H,1-2H3,(H,26,28). The number of thiophene rings is 1. The Balaban J connectivity index is 1.50. The van der Waals surface area contributed by atoms with Gasteiger partial charge in [-0.15, -0.1) is 11.3 Å². The molecule has 2 aromatic carbocycles. The molecule has 0 aliphatic carbocycles. The van der Waals surface area contributed by atoms with Gasteiger partial charge in [-0.3, -0.25) is 4.79 Å². The molecule has 0 radical (unpaired) electrons. The first-order chi connectivity index (χ1) is 14.6. The number of pyridine rings is 1. The van der Waals surface area contributed by atoms with Gasteiger partial charge in [0.1, 0.15) is 11.4 Å². The number of hydrogen-bond acceptors (Lipinski definition) is 4. The van der Waals surface area contributed by atoms with Crippen molar-refractivity contribution in [3.05, 3.63) is 83.5 Å². The Morgan fingerprint density at radius 1 is 1.10 bits per heavy atom. The summed E-state index contributed by atoms with van der Waals surface area (Å²) in [6.07, 6.45) is 3.97. The second kappa shape index (κ2) is 7.31. The van der Waals surface area contributed by atoms with Crippen LogP contribution in [0.15, 0.2) is 73.1 Å². The van der Waals surface area contributed by atoms with E-state index in [1.807, 2.05) is 84.4 Å². The van der Waals surface area contributed by atoms with E-state index in [1.54, 1.807) is 7.11 Å². The molecule has 0 atom stereocenters. The Bertz CT molecular complexity index is 1370. The van der Waals surface area contributed by atoms with Crippen molar-refractivity contribution in [2.75, 3.05) is 12.4 Å². The van der Waals surface area contributed by atoms with Crippen molar-refractivity contribution in [2.45, 2.75) is 6.92 Å². The van der Waals surface area contributed by atoms with Crippen molar-refractivity contribution in [1.82, 2.24) is 9.38 Å². The molecule has 0 bridgehead atoms. The first kappa shape index (κ1) is 18.4. The maximum atomic E-state index is 12.9. The number of imidazole rings is 1. The SMILES string of the molecule is COc1ccc(-c2cn3cccc(C)c3n2)cc1NC(=O)c1cc2ccccc2s1. The summed E-state index contributed by atoms with van der Waals surface area (Å²) >= 11 is 1.47. The van der Waals surface area contributed by atoms with Crippen LogP contribution in [0.25, 0.3) is 27.0 Å². The van der Waals surface area contributed by atoms with Crippen molar-refractivity contribution >= 4 is 38.7 Å². The predicted molar refractivity (Wildman–Crippen MR) is 122 cm³/mol. The Morgan fingerprint density at radius 3 is 2.77 bits per heavy atom. The second-order valence-corrected chi connectivity index (χ2v) is 8.15. The first-order valence-corrected chi connectivity index (χ1v) is 10.4. The van der Waals surface area contributed by atoms with E-state index < -0.39 is 0 Å². The summed E-state index contributed by atoms with van der Waals surface area (Å²) in [5, 5.41) is 4.07. The Labute approximate surface area is 177 Å².